The Bertz CT molecular complexity index is 458. The second kappa shape index (κ2) is 5.17. The molecule has 1 fully saturated rings. The Morgan fingerprint density at radius 3 is 2.84 bits per heavy atom. The van der Waals surface area contributed by atoms with Crippen molar-refractivity contribution in [2.75, 3.05) is 25.0 Å². The first-order valence-electron chi connectivity index (χ1n) is 6.57. The van der Waals surface area contributed by atoms with E-state index in [0.29, 0.717) is 12.2 Å². The maximum Gasteiger partial charge on any atom is 0.227 e. The van der Waals surface area contributed by atoms with Gasteiger partial charge in [0.25, 0.3) is 0 Å². The monoisotopic (exact) mass is 263 g/mol. The summed E-state index contributed by atoms with van der Waals surface area (Å²) in [6.45, 7) is 5.23. The van der Waals surface area contributed by atoms with E-state index < -0.39 is 6.10 Å². The number of anilines is 1. The van der Waals surface area contributed by atoms with Crippen LogP contribution >= 0.6 is 0 Å². The van der Waals surface area contributed by atoms with Gasteiger partial charge in [-0.05, 0) is 32.4 Å². The van der Waals surface area contributed by atoms with Crippen LogP contribution in [0.3, 0.4) is 0 Å². The van der Waals surface area contributed by atoms with Crippen molar-refractivity contribution in [3.05, 3.63) is 24.0 Å². The molecule has 2 rings (SSSR count). The number of aromatic nitrogens is 1. The molecule has 2 N–H and O–H groups in total. The van der Waals surface area contributed by atoms with Crippen LogP contribution in [0.25, 0.3) is 0 Å². The predicted octanol–water partition coefficient (Wildman–Crippen LogP) is 1.10. The van der Waals surface area contributed by atoms with Gasteiger partial charge in [-0.2, -0.15) is 0 Å². The molecular weight excluding hydrogens is 242 g/mol. The Balaban J connectivity index is 2.10. The highest BCUT2D eigenvalue weighted by molar-refractivity contribution is 5.83. The smallest absolute Gasteiger partial charge is 0.227 e. The lowest BCUT2D eigenvalue weighted by Gasteiger charge is -2.23. The molecule has 1 aliphatic heterocycles. The minimum Gasteiger partial charge on any atom is -0.387 e. The zero-order chi connectivity index (χ0) is 14.0. The average molecular weight is 263 g/mol. The summed E-state index contributed by atoms with van der Waals surface area (Å²) in [4.78, 5) is 18.3. The van der Waals surface area contributed by atoms with Crippen molar-refractivity contribution in [3.8, 4) is 0 Å². The Labute approximate surface area is 113 Å². The van der Waals surface area contributed by atoms with Crippen LogP contribution in [0.2, 0.25) is 0 Å². The molecule has 0 bridgehead atoms. The Kier molecular flexibility index (Phi) is 3.75. The second-order valence-electron chi connectivity index (χ2n) is 5.43. The summed E-state index contributed by atoms with van der Waals surface area (Å²) in [6.07, 6.45) is 2.05. The normalized spacial score (nSPS) is 24.3. The lowest BCUT2D eigenvalue weighted by Crippen LogP contribution is -2.39. The van der Waals surface area contributed by atoms with Crippen LogP contribution in [-0.2, 0) is 4.79 Å². The van der Waals surface area contributed by atoms with Gasteiger partial charge in [0, 0.05) is 20.1 Å². The fraction of sp³-hybridized carbons (Fsp3) is 0.571. The molecule has 0 aliphatic carbocycles. The van der Waals surface area contributed by atoms with Crippen LogP contribution in [0.4, 0.5) is 5.69 Å². The summed E-state index contributed by atoms with van der Waals surface area (Å²) >= 11 is 0. The fourth-order valence-electron chi connectivity index (χ4n) is 2.50. The number of aliphatic hydroxyl groups is 1. The van der Waals surface area contributed by atoms with Crippen molar-refractivity contribution in [3.63, 3.8) is 0 Å². The molecule has 2 atom stereocenters. The van der Waals surface area contributed by atoms with E-state index >= 15 is 0 Å². The summed E-state index contributed by atoms with van der Waals surface area (Å²) in [5.74, 6) is 0.0866. The third kappa shape index (κ3) is 2.71. The summed E-state index contributed by atoms with van der Waals surface area (Å²) in [6, 6.07) is 3.78. The molecule has 0 aromatic carbocycles. The molecule has 0 radical (unpaired) electrons. The number of carbonyl (C=O) groups excluding carboxylic acids is 1. The predicted molar refractivity (Wildman–Crippen MR) is 73.9 cm³/mol. The van der Waals surface area contributed by atoms with Crippen molar-refractivity contribution in [1.29, 1.82) is 0 Å². The summed E-state index contributed by atoms with van der Waals surface area (Å²) < 4.78 is 0. The van der Waals surface area contributed by atoms with E-state index in [1.807, 2.05) is 19.1 Å². The van der Waals surface area contributed by atoms with Gasteiger partial charge in [-0.15, -0.1) is 0 Å². The molecule has 1 aliphatic rings. The molecule has 0 spiro atoms. The van der Waals surface area contributed by atoms with Gasteiger partial charge in [0.05, 0.1) is 29.1 Å². The molecule has 0 saturated carbocycles. The van der Waals surface area contributed by atoms with E-state index in [1.165, 1.54) is 0 Å². The lowest BCUT2D eigenvalue weighted by molar-refractivity contribution is -0.128. The summed E-state index contributed by atoms with van der Waals surface area (Å²) in [5.41, 5.74) is 1.33. The molecule has 5 heteroatoms. The highest BCUT2D eigenvalue weighted by atomic mass is 16.3. The van der Waals surface area contributed by atoms with Gasteiger partial charge in [0.15, 0.2) is 0 Å². The molecule has 1 unspecified atom stereocenters. The first-order chi connectivity index (χ1) is 8.96. The SMILES string of the molecule is CNC(=O)C1(C)CCN(c2ccc([C@H](C)O)nc2)C1. The molecule has 1 aromatic heterocycles. The van der Waals surface area contributed by atoms with E-state index in [2.05, 4.69) is 15.2 Å². The number of nitrogens with zero attached hydrogens (tertiary/aromatic N) is 2. The van der Waals surface area contributed by atoms with Gasteiger partial charge in [0.1, 0.15) is 0 Å². The van der Waals surface area contributed by atoms with Crippen LogP contribution in [-0.4, -0.2) is 36.1 Å². The van der Waals surface area contributed by atoms with Crippen molar-refractivity contribution in [1.82, 2.24) is 10.3 Å². The van der Waals surface area contributed by atoms with Gasteiger partial charge < -0.3 is 15.3 Å². The molecule has 5 nitrogen and oxygen atoms in total. The van der Waals surface area contributed by atoms with Crippen LogP contribution in [0.5, 0.6) is 0 Å². The van der Waals surface area contributed by atoms with E-state index in [-0.39, 0.29) is 11.3 Å². The topological polar surface area (TPSA) is 65.5 Å². The van der Waals surface area contributed by atoms with Crippen molar-refractivity contribution in [2.24, 2.45) is 5.41 Å². The average Bonchev–Trinajstić information content (AvgIpc) is 2.82. The number of carbonyl (C=O) groups is 1. The molecule has 19 heavy (non-hydrogen) atoms. The first-order valence-corrected chi connectivity index (χ1v) is 6.57. The quantitative estimate of drug-likeness (QED) is 0.857. The zero-order valence-electron chi connectivity index (χ0n) is 11.7. The number of pyridine rings is 1. The number of nitrogens with one attached hydrogen (secondary N) is 1. The summed E-state index contributed by atoms with van der Waals surface area (Å²) in [7, 11) is 1.68. The van der Waals surface area contributed by atoms with Crippen LogP contribution in [0.1, 0.15) is 32.1 Å². The standard InChI is InChI=1S/C14H21N3O2/c1-10(18)12-5-4-11(8-16-12)17-7-6-14(2,9-17)13(19)15-3/h4-5,8,10,18H,6-7,9H2,1-3H3,(H,15,19)/t10-,14?/m0/s1. The molecule has 104 valence electrons. The van der Waals surface area contributed by atoms with Crippen molar-refractivity contribution >= 4 is 11.6 Å². The Hall–Kier alpha value is -1.62. The highest BCUT2D eigenvalue weighted by Gasteiger charge is 2.39. The van der Waals surface area contributed by atoms with Crippen LogP contribution < -0.4 is 10.2 Å². The van der Waals surface area contributed by atoms with Crippen LogP contribution in [0.15, 0.2) is 18.3 Å². The molecular formula is C14H21N3O2. The minimum absolute atomic E-state index is 0.0866. The second-order valence-corrected chi connectivity index (χ2v) is 5.43. The number of rotatable bonds is 3. The van der Waals surface area contributed by atoms with Crippen molar-refractivity contribution in [2.45, 2.75) is 26.4 Å². The third-order valence-electron chi connectivity index (χ3n) is 3.81. The van der Waals surface area contributed by atoms with Gasteiger partial charge in [-0.1, -0.05) is 0 Å². The highest BCUT2D eigenvalue weighted by Crippen LogP contribution is 2.33. The molecule has 1 saturated heterocycles. The van der Waals surface area contributed by atoms with Gasteiger partial charge in [-0.3, -0.25) is 9.78 Å². The summed E-state index contributed by atoms with van der Waals surface area (Å²) in [5, 5.41) is 12.2. The minimum atomic E-state index is -0.552. The van der Waals surface area contributed by atoms with Crippen molar-refractivity contribution < 1.29 is 9.90 Å². The number of hydrogen-bond donors (Lipinski definition) is 2. The van der Waals surface area contributed by atoms with Gasteiger partial charge in [-0.25, -0.2) is 0 Å². The van der Waals surface area contributed by atoms with E-state index in [1.54, 1.807) is 20.2 Å². The lowest BCUT2D eigenvalue weighted by atomic mass is 9.89. The Morgan fingerprint density at radius 2 is 2.32 bits per heavy atom. The van der Waals surface area contributed by atoms with E-state index in [9.17, 15) is 9.90 Å². The molecule has 1 amide bonds. The Morgan fingerprint density at radius 1 is 1.58 bits per heavy atom. The zero-order valence-corrected chi connectivity index (χ0v) is 11.7. The third-order valence-corrected chi connectivity index (χ3v) is 3.81. The first kappa shape index (κ1) is 13.8. The maximum atomic E-state index is 11.9. The van der Waals surface area contributed by atoms with E-state index in [0.717, 1.165) is 18.7 Å². The number of aliphatic hydroxyl groups excluding tert-OH is 1. The van der Waals surface area contributed by atoms with E-state index in [4.69, 9.17) is 0 Å². The number of hydrogen-bond acceptors (Lipinski definition) is 4. The van der Waals surface area contributed by atoms with Gasteiger partial charge >= 0.3 is 0 Å². The number of amides is 1. The van der Waals surface area contributed by atoms with Gasteiger partial charge in [0.2, 0.25) is 5.91 Å². The maximum absolute atomic E-state index is 11.9. The van der Waals surface area contributed by atoms with Crippen LogP contribution in [0, 0.1) is 5.41 Å². The largest absolute Gasteiger partial charge is 0.387 e. The molecule has 2 heterocycles. The fourth-order valence-corrected chi connectivity index (χ4v) is 2.50. The molecule has 1 aromatic rings.